The van der Waals surface area contributed by atoms with Crippen LogP contribution < -0.4 is 10.1 Å². The number of rotatable bonds is 10. The predicted molar refractivity (Wildman–Crippen MR) is 103 cm³/mol. The Kier molecular flexibility index (Phi) is 8.03. The Morgan fingerprint density at radius 1 is 1.04 bits per heavy atom. The highest BCUT2D eigenvalue weighted by Crippen LogP contribution is 2.20. The van der Waals surface area contributed by atoms with Gasteiger partial charge in [-0.25, -0.2) is 0 Å². The molecule has 2 aromatic rings. The maximum Gasteiger partial charge on any atom is 0.255 e. The lowest BCUT2D eigenvalue weighted by atomic mass is 9.99. The van der Waals surface area contributed by atoms with Gasteiger partial charge in [0.05, 0.1) is 5.56 Å². The van der Waals surface area contributed by atoms with Crippen molar-refractivity contribution in [1.29, 1.82) is 0 Å². The van der Waals surface area contributed by atoms with E-state index in [1.807, 2.05) is 54.6 Å². The third-order valence-corrected chi connectivity index (χ3v) is 4.46. The summed E-state index contributed by atoms with van der Waals surface area (Å²) in [6, 6.07) is 17.4. The summed E-state index contributed by atoms with van der Waals surface area (Å²) in [6.45, 7) is 5.57. The molecule has 134 valence electrons. The number of ether oxygens (including phenoxy) is 1. The summed E-state index contributed by atoms with van der Waals surface area (Å²) in [5, 5.41) is 3.08. The second-order valence-corrected chi connectivity index (χ2v) is 6.40. The molecule has 0 spiro atoms. The highest BCUT2D eigenvalue weighted by molar-refractivity contribution is 5.96. The third-order valence-electron chi connectivity index (χ3n) is 4.46. The molecule has 25 heavy (non-hydrogen) atoms. The summed E-state index contributed by atoms with van der Waals surface area (Å²) in [6.07, 6.45) is 4.66. The van der Waals surface area contributed by atoms with E-state index in [1.54, 1.807) is 0 Å². The number of benzene rings is 2. The van der Waals surface area contributed by atoms with Gasteiger partial charge in [-0.15, -0.1) is 0 Å². The molecule has 0 aliphatic heterocycles. The summed E-state index contributed by atoms with van der Waals surface area (Å²) < 4.78 is 5.88. The molecule has 1 unspecified atom stereocenters. The Hall–Kier alpha value is -2.29. The fourth-order valence-electron chi connectivity index (χ4n) is 2.79. The largest absolute Gasteiger partial charge is 0.488 e. The highest BCUT2D eigenvalue weighted by Gasteiger charge is 2.14. The van der Waals surface area contributed by atoms with Crippen LogP contribution in [0.2, 0.25) is 0 Å². The van der Waals surface area contributed by atoms with E-state index in [0.717, 1.165) is 18.5 Å². The normalized spacial score (nSPS) is 11.8. The van der Waals surface area contributed by atoms with Crippen LogP contribution in [0.4, 0.5) is 0 Å². The first-order chi connectivity index (χ1) is 12.2. The van der Waals surface area contributed by atoms with E-state index in [2.05, 4.69) is 19.2 Å². The topological polar surface area (TPSA) is 38.3 Å². The smallest absolute Gasteiger partial charge is 0.255 e. The van der Waals surface area contributed by atoms with E-state index in [9.17, 15) is 4.79 Å². The molecular weight excluding hydrogens is 310 g/mol. The van der Waals surface area contributed by atoms with Crippen molar-refractivity contribution in [2.75, 3.05) is 6.54 Å². The van der Waals surface area contributed by atoms with Gasteiger partial charge in [0, 0.05) is 6.54 Å². The van der Waals surface area contributed by atoms with E-state index in [-0.39, 0.29) is 5.91 Å². The first-order valence-electron chi connectivity index (χ1n) is 9.28. The summed E-state index contributed by atoms with van der Waals surface area (Å²) >= 11 is 0. The Morgan fingerprint density at radius 3 is 2.48 bits per heavy atom. The van der Waals surface area contributed by atoms with Gasteiger partial charge in [-0.05, 0) is 30.0 Å². The number of nitrogens with one attached hydrogen (secondary N) is 1. The molecule has 0 aliphatic carbocycles. The van der Waals surface area contributed by atoms with Crippen LogP contribution in [0.25, 0.3) is 0 Å². The molecule has 0 bridgehead atoms. The van der Waals surface area contributed by atoms with Gasteiger partial charge in [0.1, 0.15) is 12.4 Å². The molecule has 0 radical (unpaired) electrons. The van der Waals surface area contributed by atoms with Gasteiger partial charge in [0.25, 0.3) is 5.91 Å². The average Bonchev–Trinajstić information content (AvgIpc) is 2.67. The van der Waals surface area contributed by atoms with Crippen LogP contribution in [0.3, 0.4) is 0 Å². The molecule has 1 atom stereocenters. The van der Waals surface area contributed by atoms with Gasteiger partial charge in [-0.2, -0.15) is 0 Å². The summed E-state index contributed by atoms with van der Waals surface area (Å²) in [5.74, 6) is 1.12. The lowest BCUT2D eigenvalue weighted by molar-refractivity contribution is 0.0941. The number of carbonyl (C=O) groups is 1. The fourth-order valence-corrected chi connectivity index (χ4v) is 2.79. The van der Waals surface area contributed by atoms with Crippen LogP contribution in [0.15, 0.2) is 54.6 Å². The van der Waals surface area contributed by atoms with Gasteiger partial charge in [0.15, 0.2) is 0 Å². The summed E-state index contributed by atoms with van der Waals surface area (Å²) in [5.41, 5.74) is 1.69. The van der Waals surface area contributed by atoms with Crippen LogP contribution in [0, 0.1) is 5.92 Å². The first kappa shape index (κ1) is 19.0. The minimum absolute atomic E-state index is 0.0568. The molecule has 3 heteroatoms. The van der Waals surface area contributed by atoms with Crippen LogP contribution in [0.1, 0.15) is 55.5 Å². The quantitative estimate of drug-likeness (QED) is 0.645. The molecule has 0 saturated heterocycles. The SMILES string of the molecule is CCCCC(CC)CNC(=O)c1ccccc1OCc1ccccc1. The van der Waals surface area contributed by atoms with Crippen molar-refractivity contribution < 1.29 is 9.53 Å². The van der Waals surface area contributed by atoms with Crippen molar-refractivity contribution in [3.8, 4) is 5.75 Å². The third kappa shape index (κ3) is 6.26. The lowest BCUT2D eigenvalue weighted by Crippen LogP contribution is -2.29. The van der Waals surface area contributed by atoms with E-state index in [0.29, 0.717) is 23.8 Å². The Balaban J connectivity index is 1.95. The summed E-state index contributed by atoms with van der Waals surface area (Å²) in [7, 11) is 0. The van der Waals surface area contributed by atoms with Crippen molar-refractivity contribution in [3.63, 3.8) is 0 Å². The number of hydrogen-bond acceptors (Lipinski definition) is 2. The average molecular weight is 339 g/mol. The van der Waals surface area contributed by atoms with Crippen molar-refractivity contribution in [3.05, 3.63) is 65.7 Å². The zero-order valence-electron chi connectivity index (χ0n) is 15.3. The molecule has 1 N–H and O–H groups in total. The van der Waals surface area contributed by atoms with Crippen LogP contribution in [-0.2, 0) is 6.61 Å². The maximum absolute atomic E-state index is 12.6. The van der Waals surface area contributed by atoms with Gasteiger partial charge in [-0.1, -0.05) is 75.6 Å². The number of unbranched alkanes of at least 4 members (excludes halogenated alkanes) is 1. The van der Waals surface area contributed by atoms with Crippen LogP contribution in [0.5, 0.6) is 5.75 Å². The standard InChI is InChI=1S/C22H29NO2/c1-3-5-11-18(4-2)16-23-22(24)20-14-9-10-15-21(20)25-17-19-12-7-6-8-13-19/h6-10,12-15,18H,3-5,11,16-17H2,1-2H3,(H,23,24). The number of hydrogen-bond donors (Lipinski definition) is 1. The Bertz CT molecular complexity index is 639. The zero-order valence-corrected chi connectivity index (χ0v) is 15.3. The van der Waals surface area contributed by atoms with E-state index < -0.39 is 0 Å². The molecule has 0 heterocycles. The van der Waals surface area contributed by atoms with E-state index in [4.69, 9.17) is 4.74 Å². The first-order valence-corrected chi connectivity index (χ1v) is 9.28. The second-order valence-electron chi connectivity index (χ2n) is 6.40. The van der Waals surface area contributed by atoms with Gasteiger partial charge in [-0.3, -0.25) is 4.79 Å². The van der Waals surface area contributed by atoms with Gasteiger partial charge in [0.2, 0.25) is 0 Å². The molecule has 1 amide bonds. The maximum atomic E-state index is 12.6. The Labute approximate surface area is 151 Å². The Morgan fingerprint density at radius 2 is 1.76 bits per heavy atom. The molecular formula is C22H29NO2. The minimum atomic E-state index is -0.0568. The molecule has 3 nitrogen and oxygen atoms in total. The minimum Gasteiger partial charge on any atom is -0.488 e. The summed E-state index contributed by atoms with van der Waals surface area (Å²) in [4.78, 5) is 12.6. The zero-order chi connectivity index (χ0) is 17.9. The lowest BCUT2D eigenvalue weighted by Gasteiger charge is -2.16. The number of amides is 1. The molecule has 0 fully saturated rings. The highest BCUT2D eigenvalue weighted by atomic mass is 16.5. The van der Waals surface area contributed by atoms with Crippen molar-refractivity contribution >= 4 is 5.91 Å². The molecule has 2 rings (SSSR count). The molecule has 0 aliphatic rings. The van der Waals surface area contributed by atoms with Crippen LogP contribution >= 0.6 is 0 Å². The van der Waals surface area contributed by atoms with E-state index in [1.165, 1.54) is 19.3 Å². The van der Waals surface area contributed by atoms with Crippen molar-refractivity contribution in [2.24, 2.45) is 5.92 Å². The van der Waals surface area contributed by atoms with Gasteiger partial charge >= 0.3 is 0 Å². The second kappa shape index (κ2) is 10.5. The molecule has 0 saturated carbocycles. The fraction of sp³-hybridized carbons (Fsp3) is 0.409. The van der Waals surface area contributed by atoms with E-state index >= 15 is 0 Å². The monoisotopic (exact) mass is 339 g/mol. The number of carbonyl (C=O) groups excluding carboxylic acids is 1. The predicted octanol–water partition coefficient (Wildman–Crippen LogP) is 5.21. The van der Waals surface area contributed by atoms with Crippen LogP contribution in [-0.4, -0.2) is 12.5 Å². The van der Waals surface area contributed by atoms with Crippen molar-refractivity contribution in [2.45, 2.75) is 46.1 Å². The van der Waals surface area contributed by atoms with Crippen molar-refractivity contribution in [1.82, 2.24) is 5.32 Å². The van der Waals surface area contributed by atoms with Gasteiger partial charge < -0.3 is 10.1 Å². The molecule has 0 aromatic heterocycles. The number of para-hydroxylation sites is 1. The molecule has 2 aromatic carbocycles.